The molecule has 112 valence electrons. The Bertz CT molecular complexity index is 655. The number of aromatic nitrogens is 1. The number of hydrogen-bond acceptors (Lipinski definition) is 4. The monoisotopic (exact) mass is 288 g/mol. The summed E-state index contributed by atoms with van der Waals surface area (Å²) in [6.07, 6.45) is 2.30. The van der Waals surface area contributed by atoms with Gasteiger partial charge in [0.1, 0.15) is 5.52 Å². The lowest BCUT2D eigenvalue weighted by molar-refractivity contribution is 0.0697. The molecule has 0 aliphatic carbocycles. The molecule has 1 aromatic carbocycles. The van der Waals surface area contributed by atoms with Crippen molar-refractivity contribution in [1.82, 2.24) is 4.98 Å². The van der Waals surface area contributed by atoms with E-state index in [9.17, 15) is 4.79 Å². The van der Waals surface area contributed by atoms with Crippen LogP contribution in [0.3, 0.4) is 0 Å². The molecule has 1 aliphatic heterocycles. The van der Waals surface area contributed by atoms with Crippen molar-refractivity contribution in [1.29, 1.82) is 0 Å². The van der Waals surface area contributed by atoms with E-state index in [1.54, 1.807) is 12.1 Å². The number of hydrogen-bond donors (Lipinski definition) is 1. The third kappa shape index (κ3) is 2.73. The van der Waals surface area contributed by atoms with Gasteiger partial charge in [-0.3, -0.25) is 0 Å². The van der Waals surface area contributed by atoms with Crippen LogP contribution < -0.4 is 4.90 Å². The third-order valence-electron chi connectivity index (χ3n) is 4.38. The summed E-state index contributed by atoms with van der Waals surface area (Å²) in [4.78, 5) is 17.6. The largest absolute Gasteiger partial charge is 0.478 e. The normalized spacial score (nSPS) is 16.8. The topological polar surface area (TPSA) is 66.6 Å². The van der Waals surface area contributed by atoms with Crippen LogP contribution in [-0.4, -0.2) is 29.1 Å². The molecule has 0 radical (unpaired) electrons. The lowest BCUT2D eigenvalue weighted by Gasteiger charge is -2.32. The summed E-state index contributed by atoms with van der Waals surface area (Å²) in [5.74, 6) is 0.533. The number of oxazole rings is 1. The predicted octanol–water partition coefficient (Wildman–Crippen LogP) is 3.40. The first kappa shape index (κ1) is 13.9. The van der Waals surface area contributed by atoms with Crippen LogP contribution in [0.4, 0.5) is 6.01 Å². The van der Waals surface area contributed by atoms with E-state index in [2.05, 4.69) is 23.7 Å². The molecule has 3 rings (SSSR count). The van der Waals surface area contributed by atoms with Crippen LogP contribution in [0, 0.1) is 11.8 Å². The van der Waals surface area contributed by atoms with E-state index in [0.29, 0.717) is 23.0 Å². The highest BCUT2D eigenvalue weighted by Gasteiger charge is 2.24. The molecular formula is C16H20N2O3. The number of aromatic carboxylic acids is 1. The van der Waals surface area contributed by atoms with E-state index in [1.165, 1.54) is 6.07 Å². The van der Waals surface area contributed by atoms with Crippen LogP contribution in [0.1, 0.15) is 37.0 Å². The van der Waals surface area contributed by atoms with Crippen LogP contribution >= 0.6 is 0 Å². The number of piperidine rings is 1. The highest BCUT2D eigenvalue weighted by Crippen LogP contribution is 2.29. The minimum absolute atomic E-state index is 0.226. The van der Waals surface area contributed by atoms with E-state index < -0.39 is 5.97 Å². The molecule has 0 atom stereocenters. The van der Waals surface area contributed by atoms with Crippen LogP contribution in [0.2, 0.25) is 0 Å². The van der Waals surface area contributed by atoms with Gasteiger partial charge in [0.25, 0.3) is 6.01 Å². The minimum atomic E-state index is -0.951. The van der Waals surface area contributed by atoms with E-state index >= 15 is 0 Å². The summed E-state index contributed by atoms with van der Waals surface area (Å²) in [5, 5.41) is 9.01. The standard InChI is InChI=1S/C16H20N2O3/c1-10(2)11-5-7-18(8-6-11)16-17-13-4-3-12(15(19)20)9-14(13)21-16/h3-4,9-11H,5-8H2,1-2H3,(H,19,20). The van der Waals surface area contributed by atoms with Gasteiger partial charge in [0, 0.05) is 13.1 Å². The van der Waals surface area contributed by atoms with Gasteiger partial charge >= 0.3 is 5.97 Å². The summed E-state index contributed by atoms with van der Waals surface area (Å²) in [5.41, 5.74) is 1.47. The summed E-state index contributed by atoms with van der Waals surface area (Å²) in [6, 6.07) is 5.40. The van der Waals surface area contributed by atoms with Gasteiger partial charge in [-0.25, -0.2) is 4.79 Å². The molecule has 0 spiro atoms. The molecule has 1 aliphatic rings. The molecule has 21 heavy (non-hydrogen) atoms. The molecule has 1 fully saturated rings. The fourth-order valence-corrected chi connectivity index (χ4v) is 2.94. The summed E-state index contributed by atoms with van der Waals surface area (Å²) < 4.78 is 5.75. The van der Waals surface area contributed by atoms with Gasteiger partial charge < -0.3 is 14.4 Å². The first-order chi connectivity index (χ1) is 10.0. The van der Waals surface area contributed by atoms with Crippen molar-refractivity contribution in [3.8, 4) is 0 Å². The second-order valence-electron chi connectivity index (χ2n) is 6.05. The summed E-state index contributed by atoms with van der Waals surface area (Å²) in [7, 11) is 0. The number of benzene rings is 1. The average Bonchev–Trinajstić information content (AvgIpc) is 2.90. The molecule has 1 aromatic heterocycles. The maximum absolute atomic E-state index is 11.0. The Kier molecular flexibility index (Phi) is 3.57. The molecule has 2 heterocycles. The van der Waals surface area contributed by atoms with E-state index in [-0.39, 0.29) is 5.56 Å². The Morgan fingerprint density at radius 3 is 2.71 bits per heavy atom. The van der Waals surface area contributed by atoms with Gasteiger partial charge in [-0.05, 0) is 42.9 Å². The van der Waals surface area contributed by atoms with Crippen LogP contribution in [0.15, 0.2) is 22.6 Å². The van der Waals surface area contributed by atoms with Crippen molar-refractivity contribution in [2.45, 2.75) is 26.7 Å². The zero-order valence-electron chi connectivity index (χ0n) is 12.4. The Balaban J connectivity index is 1.80. The van der Waals surface area contributed by atoms with E-state index in [4.69, 9.17) is 9.52 Å². The van der Waals surface area contributed by atoms with Gasteiger partial charge in [0.05, 0.1) is 5.56 Å². The second-order valence-corrected chi connectivity index (χ2v) is 6.05. The van der Waals surface area contributed by atoms with Gasteiger partial charge in [-0.2, -0.15) is 4.98 Å². The number of carboxylic acids is 1. The maximum Gasteiger partial charge on any atom is 0.335 e. The number of anilines is 1. The molecule has 1 saturated heterocycles. The number of carbonyl (C=O) groups is 1. The van der Waals surface area contributed by atoms with Crippen LogP contribution in [0.5, 0.6) is 0 Å². The van der Waals surface area contributed by atoms with Gasteiger partial charge in [0.2, 0.25) is 0 Å². The molecule has 5 heteroatoms. The number of nitrogens with zero attached hydrogens (tertiary/aromatic N) is 2. The molecule has 0 saturated carbocycles. The third-order valence-corrected chi connectivity index (χ3v) is 4.38. The summed E-state index contributed by atoms with van der Waals surface area (Å²) in [6.45, 7) is 6.43. The fraction of sp³-hybridized carbons (Fsp3) is 0.500. The molecular weight excluding hydrogens is 268 g/mol. The van der Waals surface area contributed by atoms with Crippen molar-refractivity contribution in [2.75, 3.05) is 18.0 Å². The lowest BCUT2D eigenvalue weighted by Crippen LogP contribution is -2.35. The molecule has 2 aromatic rings. The van der Waals surface area contributed by atoms with Crippen molar-refractivity contribution in [3.05, 3.63) is 23.8 Å². The van der Waals surface area contributed by atoms with Gasteiger partial charge in [0.15, 0.2) is 5.58 Å². The van der Waals surface area contributed by atoms with Gasteiger partial charge in [-0.1, -0.05) is 13.8 Å². The number of rotatable bonds is 3. The number of carboxylic acid groups (broad SMARTS) is 1. The van der Waals surface area contributed by atoms with Crippen molar-refractivity contribution < 1.29 is 14.3 Å². The van der Waals surface area contributed by atoms with Gasteiger partial charge in [-0.15, -0.1) is 0 Å². The highest BCUT2D eigenvalue weighted by molar-refractivity contribution is 5.92. The molecule has 0 amide bonds. The molecule has 0 bridgehead atoms. The van der Waals surface area contributed by atoms with Crippen molar-refractivity contribution in [2.24, 2.45) is 11.8 Å². The minimum Gasteiger partial charge on any atom is -0.478 e. The number of fused-ring (bicyclic) bond motifs is 1. The molecule has 1 N–H and O–H groups in total. The Hall–Kier alpha value is -2.04. The molecule has 0 unspecified atom stereocenters. The zero-order chi connectivity index (χ0) is 15.0. The second kappa shape index (κ2) is 5.39. The average molecular weight is 288 g/mol. The lowest BCUT2D eigenvalue weighted by atomic mass is 9.87. The van der Waals surface area contributed by atoms with E-state index in [0.717, 1.165) is 31.8 Å². The van der Waals surface area contributed by atoms with Crippen molar-refractivity contribution >= 4 is 23.1 Å². The smallest absolute Gasteiger partial charge is 0.335 e. The maximum atomic E-state index is 11.0. The predicted molar refractivity (Wildman–Crippen MR) is 80.7 cm³/mol. The molecule has 5 nitrogen and oxygen atoms in total. The first-order valence-electron chi connectivity index (χ1n) is 7.43. The first-order valence-corrected chi connectivity index (χ1v) is 7.43. The van der Waals surface area contributed by atoms with Crippen LogP contribution in [0.25, 0.3) is 11.1 Å². The fourth-order valence-electron chi connectivity index (χ4n) is 2.94. The quantitative estimate of drug-likeness (QED) is 0.937. The Labute approximate surface area is 123 Å². The van der Waals surface area contributed by atoms with E-state index in [1.807, 2.05) is 0 Å². The SMILES string of the molecule is CC(C)C1CCN(c2nc3ccc(C(=O)O)cc3o2)CC1. The Morgan fingerprint density at radius 2 is 2.10 bits per heavy atom. The zero-order valence-corrected chi connectivity index (χ0v) is 12.4. The summed E-state index contributed by atoms with van der Waals surface area (Å²) >= 11 is 0. The van der Waals surface area contributed by atoms with Crippen molar-refractivity contribution in [3.63, 3.8) is 0 Å². The highest BCUT2D eigenvalue weighted by atomic mass is 16.4. The Morgan fingerprint density at radius 1 is 1.38 bits per heavy atom. The van der Waals surface area contributed by atoms with Crippen LogP contribution in [-0.2, 0) is 0 Å².